The summed E-state index contributed by atoms with van der Waals surface area (Å²) >= 11 is 0. The zero-order valence-corrected chi connectivity index (χ0v) is 27.3. The zero-order valence-electron chi connectivity index (χ0n) is 27.3. The Morgan fingerprint density at radius 3 is 2.41 bits per heavy atom. The number of anilines is 3. The Hall–Kier alpha value is -3.74. The van der Waals surface area contributed by atoms with Gasteiger partial charge in [0.15, 0.2) is 0 Å². The second-order valence-electron chi connectivity index (χ2n) is 13.9. The van der Waals surface area contributed by atoms with E-state index in [2.05, 4.69) is 20.4 Å². The summed E-state index contributed by atoms with van der Waals surface area (Å²) in [7, 11) is 0. The van der Waals surface area contributed by atoms with Gasteiger partial charge in [-0.15, -0.1) is 0 Å². The number of aromatic nitrogens is 1. The quantitative estimate of drug-likeness (QED) is 0.386. The maximum Gasteiger partial charge on any atom is 0.408 e. The van der Waals surface area contributed by atoms with Gasteiger partial charge in [0.1, 0.15) is 17.2 Å². The molecule has 3 aliphatic heterocycles. The highest BCUT2D eigenvalue weighted by atomic mass is 19.4. The number of carbonyl (C=O) groups is 2. The molecule has 3 saturated heterocycles. The number of rotatable bonds is 6. The van der Waals surface area contributed by atoms with E-state index in [0.717, 1.165) is 28.3 Å². The molecule has 1 aromatic heterocycles. The molecule has 0 bridgehead atoms. The molecule has 46 heavy (non-hydrogen) atoms. The molecule has 252 valence electrons. The molecule has 5 rings (SSSR count). The number of benzene rings is 1. The second kappa shape index (κ2) is 13.2. The number of hydrogen-bond donors (Lipinski definition) is 2. The van der Waals surface area contributed by atoms with Crippen LogP contribution < -0.4 is 20.4 Å². The van der Waals surface area contributed by atoms with E-state index in [1.54, 1.807) is 6.07 Å². The first kappa shape index (κ1) is 33.6. The van der Waals surface area contributed by atoms with Gasteiger partial charge >= 0.3 is 18.3 Å². The second-order valence-corrected chi connectivity index (χ2v) is 13.9. The summed E-state index contributed by atoms with van der Waals surface area (Å²) in [5, 5.41) is 5.95. The fourth-order valence-corrected chi connectivity index (χ4v) is 6.31. The lowest BCUT2D eigenvalue weighted by Gasteiger charge is -2.31. The van der Waals surface area contributed by atoms with Crippen LogP contribution in [-0.2, 0) is 9.47 Å². The molecule has 0 unspecified atom stereocenters. The number of nitrogens with one attached hydrogen (secondary N) is 2. The number of likely N-dealkylation sites (tertiary alicyclic amines) is 1. The van der Waals surface area contributed by atoms with Gasteiger partial charge in [0.2, 0.25) is 0 Å². The minimum atomic E-state index is -4.24. The Bertz CT molecular complexity index is 1430. The lowest BCUT2D eigenvalue weighted by atomic mass is 10.00. The molecule has 4 heterocycles. The number of nitrogens with zero attached hydrogens (tertiary/aromatic N) is 4. The largest absolute Gasteiger partial charge is 0.444 e. The zero-order chi connectivity index (χ0) is 33.3. The number of hydrogen-bond acceptors (Lipinski definition) is 7. The fraction of sp³-hybridized carbons (Fsp3) is 0.606. The third-order valence-electron chi connectivity index (χ3n) is 8.63. The van der Waals surface area contributed by atoms with Crippen molar-refractivity contribution in [1.29, 1.82) is 0 Å². The number of halogens is 3. The Kier molecular flexibility index (Phi) is 9.63. The normalized spacial score (nSPS) is 22.3. The summed E-state index contributed by atoms with van der Waals surface area (Å²) in [4.78, 5) is 36.5. The molecule has 3 aliphatic rings. The van der Waals surface area contributed by atoms with Gasteiger partial charge in [-0.3, -0.25) is 0 Å². The van der Waals surface area contributed by atoms with Crippen molar-refractivity contribution >= 4 is 29.4 Å². The lowest BCUT2D eigenvalue weighted by Crippen LogP contribution is -2.49. The molecule has 13 heteroatoms. The number of pyridine rings is 1. The summed E-state index contributed by atoms with van der Waals surface area (Å²) in [5.41, 5.74) is 2.27. The molecule has 0 radical (unpaired) electrons. The average molecular weight is 647 g/mol. The fourth-order valence-electron chi connectivity index (χ4n) is 6.31. The summed E-state index contributed by atoms with van der Waals surface area (Å²) < 4.78 is 49.7. The van der Waals surface area contributed by atoms with Crippen LogP contribution >= 0.6 is 0 Å². The van der Waals surface area contributed by atoms with Crippen LogP contribution in [0.15, 0.2) is 30.3 Å². The first-order chi connectivity index (χ1) is 21.6. The van der Waals surface area contributed by atoms with Gasteiger partial charge in [0.05, 0.1) is 18.8 Å². The molecule has 3 amide bonds. The van der Waals surface area contributed by atoms with E-state index in [-0.39, 0.29) is 6.54 Å². The van der Waals surface area contributed by atoms with Crippen LogP contribution in [0.2, 0.25) is 0 Å². The molecule has 2 atom stereocenters. The van der Waals surface area contributed by atoms with E-state index < -0.39 is 41.8 Å². The summed E-state index contributed by atoms with van der Waals surface area (Å²) in [6.07, 6.45) is -4.53. The van der Waals surface area contributed by atoms with E-state index in [0.29, 0.717) is 64.5 Å². The minimum absolute atomic E-state index is 0.0816. The third kappa shape index (κ3) is 8.74. The van der Waals surface area contributed by atoms with E-state index in [9.17, 15) is 22.8 Å². The van der Waals surface area contributed by atoms with Crippen molar-refractivity contribution in [3.05, 3.63) is 35.9 Å². The highest BCUT2D eigenvalue weighted by Gasteiger charge is 2.38. The van der Waals surface area contributed by atoms with E-state index in [1.165, 1.54) is 4.90 Å². The lowest BCUT2D eigenvalue weighted by molar-refractivity contribution is -0.143. The Balaban J connectivity index is 1.37. The molecule has 0 spiro atoms. The van der Waals surface area contributed by atoms with Crippen molar-refractivity contribution in [3.63, 3.8) is 0 Å². The number of urea groups is 1. The molecule has 3 fully saturated rings. The summed E-state index contributed by atoms with van der Waals surface area (Å²) in [6, 6.07) is 9.29. The van der Waals surface area contributed by atoms with Crippen LogP contribution in [0.25, 0.3) is 11.1 Å². The van der Waals surface area contributed by atoms with Crippen LogP contribution in [-0.4, -0.2) is 91.8 Å². The molecule has 2 N–H and O–H groups in total. The van der Waals surface area contributed by atoms with Crippen molar-refractivity contribution in [1.82, 2.24) is 15.2 Å². The SMILES string of the molecule is Cc1ccc(NC(=O)N2CC[C@@H](CC(F)(F)F)C2)cc1-c1cc(N2CCOCC2)nc(N2CC[C@](C)(NC(=O)OC(C)(C)C)C2)c1. The smallest absolute Gasteiger partial charge is 0.408 e. The Morgan fingerprint density at radius 1 is 1.04 bits per heavy atom. The van der Waals surface area contributed by atoms with E-state index in [4.69, 9.17) is 14.5 Å². The number of carbonyl (C=O) groups excluding carboxylic acids is 2. The molecule has 10 nitrogen and oxygen atoms in total. The van der Waals surface area contributed by atoms with Crippen molar-refractivity contribution in [2.24, 2.45) is 5.92 Å². The number of alkyl carbamates (subject to hydrolysis) is 1. The van der Waals surface area contributed by atoms with E-state index in [1.807, 2.05) is 58.9 Å². The van der Waals surface area contributed by atoms with Gasteiger partial charge in [-0.25, -0.2) is 14.6 Å². The summed E-state index contributed by atoms with van der Waals surface area (Å²) in [6.45, 7) is 13.7. The van der Waals surface area contributed by atoms with Gasteiger partial charge in [-0.05, 0) is 94.3 Å². The van der Waals surface area contributed by atoms with Crippen LogP contribution in [0.3, 0.4) is 0 Å². The molecule has 0 aliphatic carbocycles. The molecule has 1 aromatic carbocycles. The predicted molar refractivity (Wildman–Crippen MR) is 171 cm³/mol. The van der Waals surface area contributed by atoms with Crippen LogP contribution in [0, 0.1) is 12.8 Å². The van der Waals surface area contributed by atoms with Gasteiger partial charge in [-0.2, -0.15) is 13.2 Å². The van der Waals surface area contributed by atoms with Crippen molar-refractivity contribution in [3.8, 4) is 11.1 Å². The highest BCUT2D eigenvalue weighted by Crippen LogP contribution is 2.35. The topological polar surface area (TPSA) is 99.3 Å². The standard InChI is InChI=1S/C33H45F3N6O4/c1-22-6-7-25(37-29(43)41-10-8-23(20-41)19-33(34,35)36)18-26(22)24-16-27(40-12-14-45-15-13-40)38-28(17-24)42-11-9-32(5,21-42)39-30(44)46-31(2,3)4/h6-7,16-18,23H,8-15,19-21H2,1-5H3,(H,37,43)(H,39,44)/t23-,32-/m0/s1. The molecular formula is C33H45F3N6O4. The van der Waals surface area contributed by atoms with Crippen LogP contribution in [0.4, 0.5) is 40.1 Å². The van der Waals surface area contributed by atoms with Gasteiger partial charge in [0, 0.05) is 51.4 Å². The van der Waals surface area contributed by atoms with Crippen LogP contribution in [0.5, 0.6) is 0 Å². The van der Waals surface area contributed by atoms with Gasteiger partial charge in [-0.1, -0.05) is 6.07 Å². The third-order valence-corrected chi connectivity index (χ3v) is 8.63. The highest BCUT2D eigenvalue weighted by molar-refractivity contribution is 5.91. The molecular weight excluding hydrogens is 601 g/mol. The number of ether oxygens (including phenoxy) is 2. The molecule has 0 saturated carbocycles. The number of morpholine rings is 1. The number of amides is 3. The van der Waals surface area contributed by atoms with E-state index >= 15 is 0 Å². The predicted octanol–water partition coefficient (Wildman–Crippen LogP) is 6.19. The minimum Gasteiger partial charge on any atom is -0.444 e. The van der Waals surface area contributed by atoms with Crippen molar-refractivity contribution in [2.45, 2.75) is 71.2 Å². The first-order valence-corrected chi connectivity index (χ1v) is 15.9. The average Bonchev–Trinajstić information content (AvgIpc) is 3.59. The molecule has 2 aromatic rings. The van der Waals surface area contributed by atoms with Gasteiger partial charge in [0.25, 0.3) is 0 Å². The first-order valence-electron chi connectivity index (χ1n) is 15.9. The van der Waals surface area contributed by atoms with Crippen molar-refractivity contribution in [2.75, 3.05) is 67.6 Å². The van der Waals surface area contributed by atoms with Gasteiger partial charge < -0.3 is 34.8 Å². The maximum absolute atomic E-state index is 13.0. The number of alkyl halides is 3. The Morgan fingerprint density at radius 2 is 1.74 bits per heavy atom. The Labute approximate surface area is 268 Å². The summed E-state index contributed by atoms with van der Waals surface area (Å²) in [5.74, 6) is 1.00. The van der Waals surface area contributed by atoms with Crippen LogP contribution in [0.1, 0.15) is 52.5 Å². The number of aryl methyl sites for hydroxylation is 1. The van der Waals surface area contributed by atoms with Crippen molar-refractivity contribution < 1.29 is 32.2 Å². The monoisotopic (exact) mass is 646 g/mol. The maximum atomic E-state index is 13.0.